The number of hydrogen-bond acceptors (Lipinski definition) is 3. The monoisotopic (exact) mass is 333 g/mol. The van der Waals surface area contributed by atoms with Crippen molar-refractivity contribution < 1.29 is 14.3 Å². The van der Waals surface area contributed by atoms with Gasteiger partial charge in [-0.2, -0.15) is 0 Å². The molecule has 128 valence electrons. The second kappa shape index (κ2) is 6.60. The van der Waals surface area contributed by atoms with Crippen LogP contribution < -0.4 is 16.2 Å². The Hall–Kier alpha value is -2.41. The molecular formula is C17H20FN3O3. The molecule has 6 nitrogen and oxygen atoms in total. The molecule has 24 heavy (non-hydrogen) atoms. The van der Waals surface area contributed by atoms with Crippen molar-refractivity contribution in [2.24, 2.45) is 5.41 Å². The zero-order valence-electron chi connectivity index (χ0n) is 13.2. The van der Waals surface area contributed by atoms with Gasteiger partial charge in [0.2, 0.25) is 0 Å². The van der Waals surface area contributed by atoms with E-state index in [0.717, 1.165) is 24.9 Å². The predicted octanol–water partition coefficient (Wildman–Crippen LogP) is 1.85. The Morgan fingerprint density at radius 2 is 2.21 bits per heavy atom. The number of rotatable bonds is 5. The average Bonchev–Trinajstić information content (AvgIpc) is 3.00. The second-order valence-corrected chi connectivity index (χ2v) is 6.44. The third-order valence-electron chi connectivity index (χ3n) is 4.76. The van der Waals surface area contributed by atoms with Crippen molar-refractivity contribution in [1.82, 2.24) is 15.6 Å². The molecule has 1 atom stereocenters. The Morgan fingerprint density at radius 3 is 2.92 bits per heavy atom. The number of carbonyl (C=O) groups is 1. The van der Waals surface area contributed by atoms with Gasteiger partial charge in [0.15, 0.2) is 0 Å². The van der Waals surface area contributed by atoms with E-state index in [0.29, 0.717) is 30.5 Å². The third-order valence-corrected chi connectivity index (χ3v) is 4.76. The van der Waals surface area contributed by atoms with Crippen LogP contribution in [0.1, 0.15) is 18.4 Å². The van der Waals surface area contributed by atoms with E-state index in [2.05, 4.69) is 15.6 Å². The van der Waals surface area contributed by atoms with Crippen LogP contribution in [-0.2, 0) is 6.42 Å². The Morgan fingerprint density at radius 1 is 1.38 bits per heavy atom. The number of hydrogen-bond donors (Lipinski definition) is 4. The van der Waals surface area contributed by atoms with Crippen LogP contribution in [0, 0.1) is 11.2 Å². The van der Waals surface area contributed by atoms with Gasteiger partial charge in [0, 0.05) is 24.1 Å². The van der Waals surface area contributed by atoms with Crippen LogP contribution in [0.25, 0.3) is 10.9 Å². The molecule has 0 unspecified atom stereocenters. The highest BCUT2D eigenvalue weighted by molar-refractivity contribution is 5.78. The van der Waals surface area contributed by atoms with Crippen molar-refractivity contribution >= 4 is 17.0 Å². The number of fused-ring (bicyclic) bond motifs is 1. The van der Waals surface area contributed by atoms with Crippen molar-refractivity contribution in [2.45, 2.75) is 19.3 Å². The van der Waals surface area contributed by atoms with Crippen LogP contribution in [-0.4, -0.2) is 35.8 Å². The lowest BCUT2D eigenvalue weighted by molar-refractivity contribution is 0.184. The summed E-state index contributed by atoms with van der Waals surface area (Å²) in [6, 6.07) is 6.10. The molecule has 0 saturated carbocycles. The number of benzene rings is 1. The molecule has 2 heterocycles. The van der Waals surface area contributed by atoms with Gasteiger partial charge in [-0.15, -0.1) is 0 Å². The van der Waals surface area contributed by atoms with Gasteiger partial charge in [-0.1, -0.05) is 0 Å². The lowest BCUT2D eigenvalue weighted by Crippen LogP contribution is -2.39. The van der Waals surface area contributed by atoms with Crippen molar-refractivity contribution in [3.8, 4) is 0 Å². The van der Waals surface area contributed by atoms with Crippen molar-refractivity contribution in [1.29, 1.82) is 0 Å². The van der Waals surface area contributed by atoms with E-state index in [-0.39, 0.29) is 16.8 Å². The standard InChI is InChI=1S/C17H20FN3O3/c18-13-2-1-11-7-12(15(22)21-14(11)8-13)3-4-17(5-6-19-9-17)10-20-16(23)24/h1-2,7-8,19-20H,3-6,9-10H2,(H,21,22)(H,23,24)/t17-/m0/s1. The van der Waals surface area contributed by atoms with E-state index in [9.17, 15) is 14.0 Å². The van der Waals surface area contributed by atoms with E-state index in [4.69, 9.17) is 5.11 Å². The third kappa shape index (κ3) is 3.56. The maximum absolute atomic E-state index is 13.2. The summed E-state index contributed by atoms with van der Waals surface area (Å²) >= 11 is 0. The van der Waals surface area contributed by atoms with E-state index < -0.39 is 6.09 Å². The fourth-order valence-corrected chi connectivity index (χ4v) is 3.32. The lowest BCUT2D eigenvalue weighted by atomic mass is 9.81. The Kier molecular flexibility index (Phi) is 4.53. The molecule has 1 aliphatic heterocycles. The molecule has 1 aliphatic rings. The molecule has 1 saturated heterocycles. The predicted molar refractivity (Wildman–Crippen MR) is 88.8 cm³/mol. The van der Waals surface area contributed by atoms with E-state index in [1.165, 1.54) is 12.1 Å². The topological polar surface area (TPSA) is 94.2 Å². The van der Waals surface area contributed by atoms with Crippen LogP contribution >= 0.6 is 0 Å². The van der Waals surface area contributed by atoms with Gasteiger partial charge in [0.25, 0.3) is 5.56 Å². The van der Waals surface area contributed by atoms with Crippen LogP contribution in [0.15, 0.2) is 29.1 Å². The summed E-state index contributed by atoms with van der Waals surface area (Å²) in [5.41, 5.74) is 0.715. The van der Waals surface area contributed by atoms with Crippen molar-refractivity contribution in [2.75, 3.05) is 19.6 Å². The first kappa shape index (κ1) is 16.4. The summed E-state index contributed by atoms with van der Waals surface area (Å²) in [6.45, 7) is 1.94. The minimum atomic E-state index is -1.04. The number of halogens is 1. The van der Waals surface area contributed by atoms with Crippen LogP contribution in [0.4, 0.5) is 9.18 Å². The summed E-state index contributed by atoms with van der Waals surface area (Å²) in [7, 11) is 0. The Balaban J connectivity index is 1.78. The smallest absolute Gasteiger partial charge is 0.404 e. The molecule has 0 spiro atoms. The first-order chi connectivity index (χ1) is 11.5. The molecule has 0 radical (unpaired) electrons. The van der Waals surface area contributed by atoms with Crippen LogP contribution in [0.2, 0.25) is 0 Å². The van der Waals surface area contributed by atoms with Crippen molar-refractivity contribution in [3.63, 3.8) is 0 Å². The number of pyridine rings is 1. The number of aromatic amines is 1. The molecule has 7 heteroatoms. The highest BCUT2D eigenvalue weighted by atomic mass is 19.1. The summed E-state index contributed by atoms with van der Waals surface area (Å²) < 4.78 is 13.2. The number of amides is 1. The van der Waals surface area contributed by atoms with E-state index in [1.54, 1.807) is 12.1 Å². The molecule has 1 aromatic carbocycles. The Bertz CT molecular complexity index is 812. The van der Waals surface area contributed by atoms with Gasteiger partial charge in [-0.25, -0.2) is 9.18 Å². The number of aromatic nitrogens is 1. The number of H-pyrrole nitrogens is 1. The maximum Gasteiger partial charge on any atom is 0.404 e. The van der Waals surface area contributed by atoms with Gasteiger partial charge in [-0.3, -0.25) is 4.79 Å². The van der Waals surface area contributed by atoms with Gasteiger partial charge < -0.3 is 20.7 Å². The first-order valence-corrected chi connectivity index (χ1v) is 7.96. The minimum Gasteiger partial charge on any atom is -0.465 e. The number of carboxylic acid groups (broad SMARTS) is 1. The van der Waals surface area contributed by atoms with Gasteiger partial charge in [0.1, 0.15) is 5.82 Å². The summed E-state index contributed by atoms with van der Waals surface area (Å²) in [4.78, 5) is 25.7. The number of aryl methyl sites for hydroxylation is 1. The van der Waals surface area contributed by atoms with Gasteiger partial charge >= 0.3 is 6.09 Å². The summed E-state index contributed by atoms with van der Waals surface area (Å²) in [5, 5.41) is 15.4. The van der Waals surface area contributed by atoms with E-state index in [1.807, 2.05) is 0 Å². The molecule has 0 bridgehead atoms. The van der Waals surface area contributed by atoms with Crippen LogP contribution in [0.3, 0.4) is 0 Å². The highest BCUT2D eigenvalue weighted by Gasteiger charge is 2.34. The minimum absolute atomic E-state index is 0.178. The zero-order chi connectivity index (χ0) is 17.2. The summed E-state index contributed by atoms with van der Waals surface area (Å²) in [5.74, 6) is -0.387. The zero-order valence-corrected chi connectivity index (χ0v) is 13.2. The first-order valence-electron chi connectivity index (χ1n) is 7.96. The largest absolute Gasteiger partial charge is 0.465 e. The Labute approximate surface area is 138 Å². The SMILES string of the molecule is O=C(O)NC[C@@]1(CCc2cc3ccc(F)cc3[nH]c2=O)CCNC1. The normalized spacial score (nSPS) is 20.4. The molecule has 1 amide bonds. The summed E-state index contributed by atoms with van der Waals surface area (Å²) in [6.07, 6.45) is 1.08. The molecule has 4 N–H and O–H groups in total. The van der Waals surface area contributed by atoms with Gasteiger partial charge in [0.05, 0.1) is 5.52 Å². The highest BCUT2D eigenvalue weighted by Crippen LogP contribution is 2.30. The molecule has 2 aromatic rings. The molecule has 3 rings (SSSR count). The molecular weight excluding hydrogens is 313 g/mol. The van der Waals surface area contributed by atoms with Gasteiger partial charge in [-0.05, 0) is 55.5 Å². The molecule has 0 aliphatic carbocycles. The average molecular weight is 333 g/mol. The molecule has 1 aromatic heterocycles. The van der Waals surface area contributed by atoms with E-state index >= 15 is 0 Å². The molecule has 1 fully saturated rings. The van der Waals surface area contributed by atoms with Crippen LogP contribution in [0.5, 0.6) is 0 Å². The fraction of sp³-hybridized carbons (Fsp3) is 0.412. The lowest BCUT2D eigenvalue weighted by Gasteiger charge is -2.27. The van der Waals surface area contributed by atoms with Crippen molar-refractivity contribution in [3.05, 3.63) is 46.0 Å². The number of nitrogens with one attached hydrogen (secondary N) is 3. The quantitative estimate of drug-likeness (QED) is 0.672. The second-order valence-electron chi connectivity index (χ2n) is 6.44. The maximum atomic E-state index is 13.2. The fourth-order valence-electron chi connectivity index (χ4n) is 3.32.